The smallest absolute Gasteiger partial charge is 0.0332 e. The Morgan fingerprint density at radius 2 is 2.05 bits per heavy atom. The predicted octanol–water partition coefficient (Wildman–Crippen LogP) is 2.67. The maximum Gasteiger partial charge on any atom is 0.0332 e. The average molecular weight is 289 g/mol. The lowest BCUT2D eigenvalue weighted by Gasteiger charge is -2.39. The van der Waals surface area contributed by atoms with Crippen LogP contribution in [0, 0.1) is 6.92 Å². The van der Waals surface area contributed by atoms with Crippen LogP contribution in [0.4, 0.5) is 0 Å². The number of benzene rings is 1. The molecule has 0 spiro atoms. The van der Waals surface area contributed by atoms with Gasteiger partial charge in [0.1, 0.15) is 0 Å². The number of nitrogens with zero attached hydrogens (tertiary/aromatic N) is 2. The lowest BCUT2D eigenvalue weighted by molar-refractivity contribution is 0.0854. The fourth-order valence-electron chi connectivity index (χ4n) is 3.49. The molecule has 1 aromatic carbocycles. The molecule has 1 aromatic rings. The largest absolute Gasteiger partial charge is 0.313 e. The summed E-state index contributed by atoms with van der Waals surface area (Å²) in [4.78, 5) is 5.20. The fourth-order valence-corrected chi connectivity index (χ4v) is 3.49. The first-order valence-electron chi connectivity index (χ1n) is 8.34. The SMILES string of the molecule is CCN1CCN(CCC(NC)c2ccccc2C)CC1C. The van der Waals surface area contributed by atoms with E-state index >= 15 is 0 Å². The van der Waals surface area contributed by atoms with E-state index in [9.17, 15) is 0 Å². The van der Waals surface area contributed by atoms with Crippen molar-refractivity contribution in [1.82, 2.24) is 15.1 Å². The molecule has 0 amide bonds. The van der Waals surface area contributed by atoms with E-state index in [0.717, 1.165) is 0 Å². The number of rotatable bonds is 6. The molecule has 118 valence electrons. The minimum absolute atomic E-state index is 0.464. The minimum atomic E-state index is 0.464. The highest BCUT2D eigenvalue weighted by molar-refractivity contribution is 5.28. The van der Waals surface area contributed by atoms with Gasteiger partial charge in [0, 0.05) is 38.3 Å². The molecule has 2 rings (SSSR count). The summed E-state index contributed by atoms with van der Waals surface area (Å²) < 4.78 is 0. The quantitative estimate of drug-likeness (QED) is 0.868. The third kappa shape index (κ3) is 4.29. The summed E-state index contributed by atoms with van der Waals surface area (Å²) in [6, 6.07) is 9.89. The van der Waals surface area contributed by atoms with Crippen molar-refractivity contribution >= 4 is 0 Å². The van der Waals surface area contributed by atoms with Gasteiger partial charge in [-0.25, -0.2) is 0 Å². The number of likely N-dealkylation sites (N-methyl/N-ethyl adjacent to an activating group) is 1. The Morgan fingerprint density at radius 3 is 2.67 bits per heavy atom. The molecular weight excluding hydrogens is 258 g/mol. The molecule has 1 heterocycles. The van der Waals surface area contributed by atoms with Crippen LogP contribution in [0.5, 0.6) is 0 Å². The highest BCUT2D eigenvalue weighted by Crippen LogP contribution is 2.21. The van der Waals surface area contributed by atoms with Gasteiger partial charge in [0.2, 0.25) is 0 Å². The molecule has 1 aliphatic rings. The molecular formula is C18H31N3. The molecule has 2 unspecified atom stereocenters. The zero-order valence-electron chi connectivity index (χ0n) is 14.1. The Balaban J connectivity index is 1.88. The number of nitrogens with one attached hydrogen (secondary N) is 1. The molecule has 2 atom stereocenters. The van der Waals surface area contributed by atoms with Crippen LogP contribution in [0.3, 0.4) is 0 Å². The first-order chi connectivity index (χ1) is 10.2. The topological polar surface area (TPSA) is 18.5 Å². The molecule has 1 saturated heterocycles. The van der Waals surface area contributed by atoms with E-state index in [1.807, 2.05) is 0 Å². The average Bonchev–Trinajstić information content (AvgIpc) is 2.49. The molecule has 0 radical (unpaired) electrons. The highest BCUT2D eigenvalue weighted by atomic mass is 15.3. The minimum Gasteiger partial charge on any atom is -0.313 e. The summed E-state index contributed by atoms with van der Waals surface area (Å²) in [6.45, 7) is 12.8. The van der Waals surface area contributed by atoms with Gasteiger partial charge in [-0.2, -0.15) is 0 Å². The molecule has 1 aliphatic heterocycles. The van der Waals surface area contributed by atoms with Crippen molar-refractivity contribution in [3.05, 3.63) is 35.4 Å². The third-order valence-corrected chi connectivity index (χ3v) is 4.90. The first kappa shape index (κ1) is 16.5. The summed E-state index contributed by atoms with van der Waals surface area (Å²) in [5.74, 6) is 0. The normalized spacial score (nSPS) is 22.4. The Morgan fingerprint density at radius 1 is 1.29 bits per heavy atom. The maximum atomic E-state index is 3.49. The van der Waals surface area contributed by atoms with Crippen molar-refractivity contribution in [2.24, 2.45) is 0 Å². The number of aryl methyl sites for hydroxylation is 1. The summed E-state index contributed by atoms with van der Waals surface area (Å²) in [7, 11) is 2.08. The van der Waals surface area contributed by atoms with E-state index in [-0.39, 0.29) is 0 Å². The number of hydrogen-bond acceptors (Lipinski definition) is 3. The van der Waals surface area contributed by atoms with E-state index in [1.165, 1.54) is 50.3 Å². The van der Waals surface area contributed by atoms with Crippen LogP contribution in [0.15, 0.2) is 24.3 Å². The summed E-state index contributed by atoms with van der Waals surface area (Å²) in [6.07, 6.45) is 1.18. The Bertz CT molecular complexity index is 432. The summed E-state index contributed by atoms with van der Waals surface area (Å²) >= 11 is 0. The van der Waals surface area contributed by atoms with Crippen LogP contribution >= 0.6 is 0 Å². The van der Waals surface area contributed by atoms with E-state index in [4.69, 9.17) is 0 Å². The second kappa shape index (κ2) is 7.92. The van der Waals surface area contributed by atoms with Crippen molar-refractivity contribution in [2.75, 3.05) is 39.8 Å². The molecule has 1 fully saturated rings. The zero-order valence-corrected chi connectivity index (χ0v) is 14.1. The van der Waals surface area contributed by atoms with Crippen LogP contribution in [0.25, 0.3) is 0 Å². The van der Waals surface area contributed by atoms with Gasteiger partial charge < -0.3 is 10.2 Å². The monoisotopic (exact) mass is 289 g/mol. The standard InChI is InChI=1S/C18H31N3/c1-5-21-13-12-20(14-16(21)3)11-10-18(19-4)17-9-7-6-8-15(17)2/h6-9,16,18-19H,5,10-14H2,1-4H3. The van der Waals surface area contributed by atoms with Crippen molar-refractivity contribution in [1.29, 1.82) is 0 Å². The molecule has 21 heavy (non-hydrogen) atoms. The maximum absolute atomic E-state index is 3.49. The van der Waals surface area contributed by atoms with Crippen molar-refractivity contribution in [3.8, 4) is 0 Å². The molecule has 0 aromatic heterocycles. The van der Waals surface area contributed by atoms with Crippen LogP contribution in [0.1, 0.15) is 37.4 Å². The molecule has 0 aliphatic carbocycles. The van der Waals surface area contributed by atoms with E-state index in [2.05, 4.69) is 67.2 Å². The third-order valence-electron chi connectivity index (χ3n) is 4.90. The number of piperazine rings is 1. The second-order valence-corrected chi connectivity index (χ2v) is 6.26. The Kier molecular flexibility index (Phi) is 6.22. The van der Waals surface area contributed by atoms with Gasteiger partial charge in [-0.1, -0.05) is 31.2 Å². The van der Waals surface area contributed by atoms with Crippen LogP contribution in [0.2, 0.25) is 0 Å². The summed E-state index contributed by atoms with van der Waals surface area (Å²) in [5.41, 5.74) is 2.83. The van der Waals surface area contributed by atoms with Crippen molar-refractivity contribution in [2.45, 2.75) is 39.3 Å². The van der Waals surface area contributed by atoms with Crippen molar-refractivity contribution in [3.63, 3.8) is 0 Å². The van der Waals surface area contributed by atoms with Gasteiger partial charge in [-0.15, -0.1) is 0 Å². The van der Waals surface area contributed by atoms with Crippen LogP contribution in [-0.4, -0.2) is 55.6 Å². The van der Waals surface area contributed by atoms with E-state index in [1.54, 1.807) is 0 Å². The lowest BCUT2D eigenvalue weighted by atomic mass is 9.98. The van der Waals surface area contributed by atoms with E-state index < -0.39 is 0 Å². The number of hydrogen-bond donors (Lipinski definition) is 1. The zero-order chi connectivity index (χ0) is 15.2. The Hall–Kier alpha value is -0.900. The highest BCUT2D eigenvalue weighted by Gasteiger charge is 2.22. The predicted molar refractivity (Wildman–Crippen MR) is 90.7 cm³/mol. The Labute approximate surface area is 130 Å². The first-order valence-corrected chi connectivity index (χ1v) is 8.34. The van der Waals surface area contributed by atoms with Gasteiger partial charge in [0.25, 0.3) is 0 Å². The van der Waals surface area contributed by atoms with Gasteiger partial charge in [0.05, 0.1) is 0 Å². The second-order valence-electron chi connectivity index (χ2n) is 6.26. The lowest BCUT2D eigenvalue weighted by Crippen LogP contribution is -2.51. The summed E-state index contributed by atoms with van der Waals surface area (Å²) in [5, 5.41) is 3.49. The van der Waals surface area contributed by atoms with Gasteiger partial charge >= 0.3 is 0 Å². The van der Waals surface area contributed by atoms with E-state index in [0.29, 0.717) is 12.1 Å². The van der Waals surface area contributed by atoms with Crippen LogP contribution in [-0.2, 0) is 0 Å². The molecule has 0 bridgehead atoms. The molecule has 0 saturated carbocycles. The van der Waals surface area contributed by atoms with Gasteiger partial charge in [0.15, 0.2) is 0 Å². The van der Waals surface area contributed by atoms with Gasteiger partial charge in [-0.05, 0) is 45.0 Å². The van der Waals surface area contributed by atoms with Crippen LogP contribution < -0.4 is 5.32 Å². The molecule has 1 N–H and O–H groups in total. The van der Waals surface area contributed by atoms with Crippen molar-refractivity contribution < 1.29 is 0 Å². The fraction of sp³-hybridized carbons (Fsp3) is 0.667. The molecule has 3 heteroatoms. The molecule has 3 nitrogen and oxygen atoms in total. The van der Waals surface area contributed by atoms with Gasteiger partial charge in [-0.3, -0.25) is 4.90 Å².